The largest absolute Gasteiger partial charge is 0.378 e. The average molecular weight is 280 g/mol. The van der Waals surface area contributed by atoms with E-state index in [0.29, 0.717) is 19.8 Å². The zero-order valence-electron chi connectivity index (χ0n) is 11.1. The standard InChI is InChI=1S/C14H20N2O2S/c17-14(16-4-6-18-7-5-16)10-15-9-12-8-11-2-1-3-13(11)19-12/h8,15H,1-7,9-10H2. The fourth-order valence-electron chi connectivity index (χ4n) is 2.69. The molecular formula is C14H20N2O2S. The van der Waals surface area contributed by atoms with Crippen LogP contribution in [0, 0.1) is 0 Å². The molecule has 19 heavy (non-hydrogen) atoms. The van der Waals surface area contributed by atoms with E-state index in [1.165, 1.54) is 29.7 Å². The highest BCUT2D eigenvalue weighted by molar-refractivity contribution is 7.12. The summed E-state index contributed by atoms with van der Waals surface area (Å²) in [5, 5.41) is 3.27. The third kappa shape index (κ3) is 3.16. The maximum Gasteiger partial charge on any atom is 0.236 e. The van der Waals surface area contributed by atoms with Gasteiger partial charge in [0.1, 0.15) is 0 Å². The number of nitrogens with one attached hydrogen (secondary N) is 1. The molecule has 4 nitrogen and oxygen atoms in total. The number of ether oxygens (including phenoxy) is 1. The summed E-state index contributed by atoms with van der Waals surface area (Å²) in [4.78, 5) is 16.7. The van der Waals surface area contributed by atoms with Gasteiger partial charge in [-0.1, -0.05) is 0 Å². The van der Waals surface area contributed by atoms with Gasteiger partial charge in [-0.25, -0.2) is 0 Å². The minimum absolute atomic E-state index is 0.187. The van der Waals surface area contributed by atoms with Crippen molar-refractivity contribution in [3.8, 4) is 0 Å². The molecule has 3 rings (SSSR count). The van der Waals surface area contributed by atoms with Crippen molar-refractivity contribution in [2.45, 2.75) is 25.8 Å². The number of fused-ring (bicyclic) bond motifs is 1. The van der Waals surface area contributed by atoms with Gasteiger partial charge in [0.25, 0.3) is 0 Å². The first kappa shape index (κ1) is 13.1. The highest BCUT2D eigenvalue weighted by Gasteiger charge is 2.17. The van der Waals surface area contributed by atoms with E-state index in [-0.39, 0.29) is 5.91 Å². The van der Waals surface area contributed by atoms with Gasteiger partial charge in [0.15, 0.2) is 0 Å². The van der Waals surface area contributed by atoms with Crippen molar-refractivity contribution in [3.63, 3.8) is 0 Å². The molecule has 5 heteroatoms. The SMILES string of the molecule is O=C(CNCc1cc2c(s1)CCC2)N1CCOCC1. The molecule has 2 heterocycles. The van der Waals surface area contributed by atoms with Gasteiger partial charge >= 0.3 is 0 Å². The molecule has 1 aliphatic heterocycles. The Morgan fingerprint density at radius 3 is 3.00 bits per heavy atom. The number of amides is 1. The summed E-state index contributed by atoms with van der Waals surface area (Å²) in [5.74, 6) is 0.187. The quantitative estimate of drug-likeness (QED) is 0.900. The van der Waals surface area contributed by atoms with E-state index >= 15 is 0 Å². The smallest absolute Gasteiger partial charge is 0.236 e. The molecular weight excluding hydrogens is 260 g/mol. The number of rotatable bonds is 4. The summed E-state index contributed by atoms with van der Waals surface area (Å²) in [6.45, 7) is 4.05. The summed E-state index contributed by atoms with van der Waals surface area (Å²) in [6.07, 6.45) is 3.79. The second-order valence-electron chi connectivity index (χ2n) is 5.11. The third-order valence-electron chi connectivity index (χ3n) is 3.74. The number of carbonyl (C=O) groups excluding carboxylic acids is 1. The van der Waals surface area contributed by atoms with Crippen LogP contribution < -0.4 is 5.32 Å². The van der Waals surface area contributed by atoms with Crippen LogP contribution in [0.2, 0.25) is 0 Å². The van der Waals surface area contributed by atoms with Gasteiger partial charge in [-0.15, -0.1) is 11.3 Å². The van der Waals surface area contributed by atoms with Crippen molar-refractivity contribution in [2.24, 2.45) is 0 Å². The van der Waals surface area contributed by atoms with Crippen LogP contribution in [0.5, 0.6) is 0 Å². The monoisotopic (exact) mass is 280 g/mol. The van der Waals surface area contributed by atoms with Crippen molar-refractivity contribution >= 4 is 17.2 Å². The lowest BCUT2D eigenvalue weighted by atomic mass is 10.2. The fourth-order valence-corrected chi connectivity index (χ4v) is 3.93. The first-order valence-electron chi connectivity index (χ1n) is 6.99. The number of aryl methyl sites for hydroxylation is 2. The van der Waals surface area contributed by atoms with E-state index in [2.05, 4.69) is 11.4 Å². The van der Waals surface area contributed by atoms with E-state index in [0.717, 1.165) is 19.6 Å². The molecule has 0 aromatic carbocycles. The van der Waals surface area contributed by atoms with E-state index in [1.54, 1.807) is 4.88 Å². The number of hydrogen-bond acceptors (Lipinski definition) is 4. The van der Waals surface area contributed by atoms with Gasteiger partial charge in [-0.05, 0) is 30.9 Å². The first-order valence-corrected chi connectivity index (χ1v) is 7.81. The number of nitrogens with zero attached hydrogens (tertiary/aromatic N) is 1. The minimum atomic E-state index is 0.187. The molecule has 2 aliphatic rings. The molecule has 1 aliphatic carbocycles. The molecule has 0 atom stereocenters. The Hall–Kier alpha value is -0.910. The van der Waals surface area contributed by atoms with Crippen LogP contribution in [0.3, 0.4) is 0 Å². The zero-order chi connectivity index (χ0) is 13.1. The maximum atomic E-state index is 11.9. The second kappa shape index (κ2) is 6.03. The van der Waals surface area contributed by atoms with Crippen molar-refractivity contribution in [3.05, 3.63) is 21.4 Å². The summed E-state index contributed by atoms with van der Waals surface area (Å²) in [6, 6.07) is 2.30. The van der Waals surface area contributed by atoms with Gasteiger partial charge in [0, 0.05) is 29.4 Å². The number of carbonyl (C=O) groups is 1. The fraction of sp³-hybridized carbons (Fsp3) is 0.643. The predicted octanol–water partition coefficient (Wildman–Crippen LogP) is 1.19. The topological polar surface area (TPSA) is 41.6 Å². The summed E-state index contributed by atoms with van der Waals surface area (Å²) < 4.78 is 5.25. The molecule has 1 aromatic heterocycles. The van der Waals surface area contributed by atoms with Crippen LogP contribution in [0.15, 0.2) is 6.07 Å². The Kier molecular flexibility index (Phi) is 4.15. The van der Waals surface area contributed by atoms with Gasteiger partial charge in [-0.3, -0.25) is 4.79 Å². The summed E-state index contributed by atoms with van der Waals surface area (Å²) >= 11 is 1.90. The molecule has 0 unspecified atom stereocenters. The van der Waals surface area contributed by atoms with Crippen LogP contribution >= 0.6 is 11.3 Å². The Morgan fingerprint density at radius 1 is 1.37 bits per heavy atom. The van der Waals surface area contributed by atoms with Gasteiger partial charge in [-0.2, -0.15) is 0 Å². The van der Waals surface area contributed by atoms with Crippen LogP contribution in [0.4, 0.5) is 0 Å². The lowest BCUT2D eigenvalue weighted by Gasteiger charge is -2.26. The Bertz CT molecular complexity index is 431. The van der Waals surface area contributed by atoms with Crippen LogP contribution in [0.1, 0.15) is 21.7 Å². The first-order chi connectivity index (χ1) is 9.33. The normalized spacial score (nSPS) is 18.6. The van der Waals surface area contributed by atoms with Crippen LogP contribution in [-0.2, 0) is 28.9 Å². The van der Waals surface area contributed by atoms with E-state index in [1.807, 2.05) is 16.2 Å². The zero-order valence-corrected chi connectivity index (χ0v) is 11.9. The lowest BCUT2D eigenvalue weighted by molar-refractivity contribution is -0.134. The van der Waals surface area contributed by atoms with Crippen molar-refractivity contribution in [1.29, 1.82) is 0 Å². The summed E-state index contributed by atoms with van der Waals surface area (Å²) in [5.41, 5.74) is 1.53. The minimum Gasteiger partial charge on any atom is -0.378 e. The predicted molar refractivity (Wildman–Crippen MR) is 75.4 cm³/mol. The van der Waals surface area contributed by atoms with Crippen molar-refractivity contribution < 1.29 is 9.53 Å². The molecule has 0 bridgehead atoms. The van der Waals surface area contributed by atoms with Gasteiger partial charge < -0.3 is 15.0 Å². The number of morpholine rings is 1. The average Bonchev–Trinajstić information content (AvgIpc) is 3.00. The lowest BCUT2D eigenvalue weighted by Crippen LogP contribution is -2.44. The Balaban J connectivity index is 1.43. The van der Waals surface area contributed by atoms with Crippen LogP contribution in [0.25, 0.3) is 0 Å². The molecule has 1 N–H and O–H groups in total. The second-order valence-corrected chi connectivity index (χ2v) is 6.33. The van der Waals surface area contributed by atoms with E-state index in [4.69, 9.17) is 4.74 Å². The highest BCUT2D eigenvalue weighted by Crippen LogP contribution is 2.30. The molecule has 1 fully saturated rings. The number of thiophene rings is 1. The molecule has 0 spiro atoms. The van der Waals surface area contributed by atoms with Crippen molar-refractivity contribution in [1.82, 2.24) is 10.2 Å². The molecule has 1 aromatic rings. The molecule has 1 amide bonds. The van der Waals surface area contributed by atoms with Gasteiger partial charge in [0.05, 0.1) is 19.8 Å². The molecule has 104 valence electrons. The molecule has 0 radical (unpaired) electrons. The Labute approximate surface area is 117 Å². The van der Waals surface area contributed by atoms with Crippen molar-refractivity contribution in [2.75, 3.05) is 32.8 Å². The van der Waals surface area contributed by atoms with E-state index in [9.17, 15) is 4.79 Å². The third-order valence-corrected chi connectivity index (χ3v) is 4.97. The Morgan fingerprint density at radius 2 is 2.21 bits per heavy atom. The summed E-state index contributed by atoms with van der Waals surface area (Å²) in [7, 11) is 0. The van der Waals surface area contributed by atoms with E-state index < -0.39 is 0 Å². The molecule has 0 saturated carbocycles. The number of hydrogen-bond donors (Lipinski definition) is 1. The van der Waals surface area contributed by atoms with Gasteiger partial charge in [0.2, 0.25) is 5.91 Å². The molecule has 1 saturated heterocycles. The highest BCUT2D eigenvalue weighted by atomic mass is 32.1. The van der Waals surface area contributed by atoms with Crippen LogP contribution in [-0.4, -0.2) is 43.7 Å². The maximum absolute atomic E-state index is 11.9.